The lowest BCUT2D eigenvalue weighted by atomic mass is 10.1. The SMILES string of the molecule is CC[N+](CC)=C(/C=C/C=C(/OS(=O)(=O)C(F)(F)F)c1ccc(OC)cc1)c1ccc(OC)cc1. The molecule has 0 spiro atoms. The zero-order valence-electron chi connectivity index (χ0n) is 19.3. The summed E-state index contributed by atoms with van der Waals surface area (Å²) in [6.45, 7) is 5.30. The Labute approximate surface area is 197 Å². The smallest absolute Gasteiger partial charge is 0.497 e. The largest absolute Gasteiger partial charge is 0.534 e. The van der Waals surface area contributed by atoms with Crippen molar-refractivity contribution in [2.45, 2.75) is 19.4 Å². The van der Waals surface area contributed by atoms with Crippen LogP contribution < -0.4 is 9.47 Å². The third-order valence-corrected chi connectivity index (χ3v) is 5.82. The predicted octanol–water partition coefficient (Wildman–Crippen LogP) is 5.01. The summed E-state index contributed by atoms with van der Waals surface area (Å²) in [7, 11) is -2.87. The van der Waals surface area contributed by atoms with E-state index in [-0.39, 0.29) is 5.56 Å². The second-order valence-corrected chi connectivity index (χ2v) is 8.43. The van der Waals surface area contributed by atoms with Gasteiger partial charge in [0.25, 0.3) is 0 Å². The maximum atomic E-state index is 13.0. The molecule has 0 saturated heterocycles. The quantitative estimate of drug-likeness (QED) is 0.115. The highest BCUT2D eigenvalue weighted by atomic mass is 32.2. The molecule has 184 valence electrons. The summed E-state index contributed by atoms with van der Waals surface area (Å²) in [6, 6.07) is 13.1. The molecule has 0 saturated carbocycles. The normalized spacial score (nSPS) is 12.5. The van der Waals surface area contributed by atoms with E-state index in [0.29, 0.717) is 24.6 Å². The Hall–Kier alpha value is -3.27. The van der Waals surface area contributed by atoms with Gasteiger partial charge in [0.1, 0.15) is 30.3 Å². The number of hydrogen-bond acceptors (Lipinski definition) is 5. The second-order valence-electron chi connectivity index (χ2n) is 6.89. The molecule has 0 bridgehead atoms. The predicted molar refractivity (Wildman–Crippen MR) is 125 cm³/mol. The molecule has 2 aromatic rings. The van der Waals surface area contributed by atoms with E-state index >= 15 is 0 Å². The molecule has 10 heteroatoms. The number of rotatable bonds is 10. The van der Waals surface area contributed by atoms with Gasteiger partial charge in [0.15, 0.2) is 0 Å². The van der Waals surface area contributed by atoms with Crippen molar-refractivity contribution in [1.82, 2.24) is 0 Å². The second kappa shape index (κ2) is 11.7. The number of methoxy groups -OCH3 is 2. The molecule has 2 aromatic carbocycles. The molecule has 2 rings (SSSR count). The summed E-state index contributed by atoms with van der Waals surface area (Å²) in [4.78, 5) is 0. The van der Waals surface area contributed by atoms with Crippen molar-refractivity contribution < 1.29 is 39.8 Å². The molecule has 6 nitrogen and oxygen atoms in total. The van der Waals surface area contributed by atoms with E-state index in [1.54, 1.807) is 25.3 Å². The first-order valence-corrected chi connectivity index (χ1v) is 11.8. The highest BCUT2D eigenvalue weighted by Gasteiger charge is 2.49. The van der Waals surface area contributed by atoms with Crippen LogP contribution in [0.5, 0.6) is 11.5 Å². The van der Waals surface area contributed by atoms with Crippen molar-refractivity contribution in [2.75, 3.05) is 27.3 Å². The summed E-state index contributed by atoms with van der Waals surface area (Å²) in [5.41, 5.74) is -3.79. The molecule has 34 heavy (non-hydrogen) atoms. The zero-order valence-corrected chi connectivity index (χ0v) is 20.1. The van der Waals surface area contributed by atoms with E-state index in [0.717, 1.165) is 11.3 Å². The van der Waals surface area contributed by atoms with Gasteiger partial charge < -0.3 is 13.7 Å². The molecule has 0 heterocycles. The fourth-order valence-corrected chi connectivity index (χ4v) is 3.51. The molecular formula is C24H27F3NO5S+. The van der Waals surface area contributed by atoms with Crippen LogP contribution in [0.1, 0.15) is 25.0 Å². The molecule has 0 radical (unpaired) electrons. The lowest BCUT2D eigenvalue weighted by molar-refractivity contribution is -0.519. The average molecular weight is 499 g/mol. The lowest BCUT2D eigenvalue weighted by Crippen LogP contribution is -2.25. The zero-order chi connectivity index (χ0) is 25.4. The molecule has 0 amide bonds. The third-order valence-electron chi connectivity index (χ3n) is 4.85. The molecule has 0 aliphatic rings. The van der Waals surface area contributed by atoms with Crippen LogP contribution >= 0.6 is 0 Å². The molecule has 0 N–H and O–H groups in total. The topological polar surface area (TPSA) is 64.8 Å². The van der Waals surface area contributed by atoms with Gasteiger partial charge in [-0.05, 0) is 68.5 Å². The summed E-state index contributed by atoms with van der Waals surface area (Å²) in [5.74, 6) is 0.651. The number of allylic oxidation sites excluding steroid dienone is 3. The van der Waals surface area contributed by atoms with Gasteiger partial charge in [-0.15, -0.1) is 0 Å². The van der Waals surface area contributed by atoms with Gasteiger partial charge in [0.2, 0.25) is 5.71 Å². The van der Waals surface area contributed by atoms with Crippen molar-refractivity contribution in [3.63, 3.8) is 0 Å². The highest BCUT2D eigenvalue weighted by molar-refractivity contribution is 7.87. The molecule has 0 aromatic heterocycles. The Bertz CT molecular complexity index is 1140. The summed E-state index contributed by atoms with van der Waals surface area (Å²) >= 11 is 0. The van der Waals surface area contributed by atoms with Crippen LogP contribution in [0.15, 0.2) is 66.8 Å². The lowest BCUT2D eigenvalue weighted by Gasteiger charge is -2.12. The van der Waals surface area contributed by atoms with Crippen LogP contribution in [0, 0.1) is 0 Å². The number of benzene rings is 2. The minimum atomic E-state index is -5.86. The first-order chi connectivity index (χ1) is 16.1. The number of nitrogens with zero attached hydrogens (tertiary/aromatic N) is 1. The Morgan fingerprint density at radius 2 is 1.35 bits per heavy atom. The first-order valence-electron chi connectivity index (χ1n) is 10.4. The van der Waals surface area contributed by atoms with E-state index in [4.69, 9.17) is 9.47 Å². The minimum absolute atomic E-state index is 0.132. The van der Waals surface area contributed by atoms with Crippen LogP contribution in [-0.4, -0.2) is 51.5 Å². The van der Waals surface area contributed by atoms with Gasteiger partial charge in [-0.2, -0.15) is 21.6 Å². The molecule has 0 atom stereocenters. The van der Waals surface area contributed by atoms with Gasteiger partial charge in [-0.3, -0.25) is 0 Å². The van der Waals surface area contributed by atoms with E-state index < -0.39 is 21.4 Å². The van der Waals surface area contributed by atoms with E-state index in [2.05, 4.69) is 4.18 Å². The fraction of sp³-hybridized carbons (Fsp3) is 0.292. The van der Waals surface area contributed by atoms with Crippen molar-refractivity contribution in [2.24, 2.45) is 0 Å². The summed E-state index contributed by atoms with van der Waals surface area (Å²) in [6.07, 6.45) is 4.31. The van der Waals surface area contributed by atoms with Crippen LogP contribution in [0.2, 0.25) is 0 Å². The maximum absolute atomic E-state index is 13.0. The van der Waals surface area contributed by atoms with Gasteiger partial charge in [-0.1, -0.05) is 6.08 Å². The van der Waals surface area contributed by atoms with Crippen LogP contribution in [0.4, 0.5) is 13.2 Å². The van der Waals surface area contributed by atoms with E-state index in [9.17, 15) is 21.6 Å². The highest BCUT2D eigenvalue weighted by Crippen LogP contribution is 2.30. The van der Waals surface area contributed by atoms with Gasteiger partial charge in [0.05, 0.1) is 14.2 Å². The van der Waals surface area contributed by atoms with E-state index in [1.807, 2.05) is 30.6 Å². The van der Waals surface area contributed by atoms with Crippen molar-refractivity contribution in [3.05, 3.63) is 77.9 Å². The molecular weight excluding hydrogens is 471 g/mol. The number of halogens is 3. The van der Waals surface area contributed by atoms with Crippen LogP contribution in [-0.2, 0) is 14.3 Å². The number of alkyl halides is 3. The third kappa shape index (κ3) is 6.86. The Morgan fingerprint density at radius 1 is 0.882 bits per heavy atom. The van der Waals surface area contributed by atoms with Crippen molar-refractivity contribution in [1.29, 1.82) is 0 Å². The minimum Gasteiger partial charge on any atom is -0.497 e. The maximum Gasteiger partial charge on any atom is 0.534 e. The average Bonchev–Trinajstić information content (AvgIpc) is 2.82. The number of hydrogen-bond donors (Lipinski definition) is 0. The van der Waals surface area contributed by atoms with Crippen LogP contribution in [0.3, 0.4) is 0 Å². The Balaban J connectivity index is 2.54. The molecule has 0 fully saturated rings. The van der Waals surface area contributed by atoms with Gasteiger partial charge >= 0.3 is 15.6 Å². The van der Waals surface area contributed by atoms with Crippen molar-refractivity contribution in [3.8, 4) is 11.5 Å². The Morgan fingerprint density at radius 3 is 1.76 bits per heavy atom. The standard InChI is InChI=1S/C24H27F3NO5S/c1-5-28(6-2)22(18-10-14-20(31-3)15-11-18)8-7-9-23(33-34(29,30)24(25,26)27)19-12-16-21(32-4)17-13-19/h7-17H,5-6H2,1-4H3/q+1/b8-7+,23-9+. The first kappa shape index (κ1) is 27.0. The number of ether oxygens (including phenoxy) is 2. The molecule has 0 aliphatic carbocycles. The molecule has 0 aliphatic heterocycles. The van der Waals surface area contributed by atoms with E-state index in [1.165, 1.54) is 43.5 Å². The van der Waals surface area contributed by atoms with Gasteiger partial charge in [-0.25, -0.2) is 4.58 Å². The summed E-state index contributed by atoms with van der Waals surface area (Å²) in [5, 5.41) is 0. The van der Waals surface area contributed by atoms with Crippen LogP contribution in [0.25, 0.3) is 5.76 Å². The summed E-state index contributed by atoms with van der Waals surface area (Å²) < 4.78 is 79.0. The van der Waals surface area contributed by atoms with Crippen molar-refractivity contribution >= 4 is 21.6 Å². The van der Waals surface area contributed by atoms with Gasteiger partial charge in [0, 0.05) is 17.2 Å². The molecule has 0 unspecified atom stereocenters. The monoisotopic (exact) mass is 498 g/mol. The Kier molecular flexibility index (Phi) is 9.31. The fourth-order valence-electron chi connectivity index (χ4n) is 3.03.